The van der Waals surface area contributed by atoms with E-state index in [1.807, 2.05) is 12.3 Å². The summed E-state index contributed by atoms with van der Waals surface area (Å²) in [5.41, 5.74) is 5.10. The Morgan fingerprint density at radius 2 is 1.55 bits per heavy atom. The zero-order chi connectivity index (χ0) is 14.5. The fraction of sp³-hybridized carbons (Fsp3) is 0.105. The molecular formula is C19H15N3. The fourth-order valence-corrected chi connectivity index (χ4v) is 3.65. The number of hydrogen-bond acceptors (Lipinski definition) is 3. The van der Waals surface area contributed by atoms with Crippen LogP contribution >= 0.6 is 0 Å². The van der Waals surface area contributed by atoms with Gasteiger partial charge in [0.2, 0.25) is 0 Å². The summed E-state index contributed by atoms with van der Waals surface area (Å²) in [4.78, 5) is 9.43. The van der Waals surface area contributed by atoms with Gasteiger partial charge in [0.25, 0.3) is 0 Å². The summed E-state index contributed by atoms with van der Waals surface area (Å²) < 4.78 is 0. The smallest absolute Gasteiger partial charge is 0.158 e. The molecule has 0 radical (unpaired) electrons. The van der Waals surface area contributed by atoms with Gasteiger partial charge in [-0.25, -0.2) is 4.98 Å². The third-order valence-electron chi connectivity index (χ3n) is 4.54. The highest BCUT2D eigenvalue weighted by atomic mass is 15.5. The van der Waals surface area contributed by atoms with E-state index in [0.717, 1.165) is 12.2 Å². The minimum atomic E-state index is 0.282. The van der Waals surface area contributed by atoms with Gasteiger partial charge in [-0.1, -0.05) is 36.4 Å². The monoisotopic (exact) mass is 285 g/mol. The van der Waals surface area contributed by atoms with E-state index in [1.165, 1.54) is 22.6 Å². The van der Waals surface area contributed by atoms with Gasteiger partial charge in [-0.15, -0.1) is 0 Å². The zero-order valence-corrected chi connectivity index (χ0v) is 12.1. The highest BCUT2D eigenvalue weighted by molar-refractivity contribution is 5.88. The van der Waals surface area contributed by atoms with Crippen molar-refractivity contribution in [2.45, 2.75) is 12.6 Å². The minimum absolute atomic E-state index is 0.282. The van der Waals surface area contributed by atoms with E-state index in [0.29, 0.717) is 0 Å². The normalized spacial score (nSPS) is 18.1. The molecule has 1 unspecified atom stereocenters. The number of rotatable bonds is 1. The molecule has 0 saturated carbocycles. The molecule has 2 aromatic carbocycles. The SMILES string of the molecule is c1ccc(N2c3ncccc3N3c4ccccc4CC32)cc1. The van der Waals surface area contributed by atoms with Crippen LogP contribution in [0.5, 0.6) is 0 Å². The van der Waals surface area contributed by atoms with Crippen molar-refractivity contribution in [2.24, 2.45) is 0 Å². The molecule has 1 atom stereocenters. The van der Waals surface area contributed by atoms with Gasteiger partial charge in [-0.2, -0.15) is 0 Å². The van der Waals surface area contributed by atoms with Crippen molar-refractivity contribution in [1.82, 2.24) is 4.98 Å². The van der Waals surface area contributed by atoms with Gasteiger partial charge in [0, 0.05) is 24.0 Å². The predicted octanol–water partition coefficient (Wildman–Crippen LogP) is 4.25. The summed E-state index contributed by atoms with van der Waals surface area (Å²) in [7, 11) is 0. The maximum atomic E-state index is 4.66. The molecule has 1 aromatic heterocycles. The fourth-order valence-electron chi connectivity index (χ4n) is 3.65. The first kappa shape index (κ1) is 11.8. The summed E-state index contributed by atoms with van der Waals surface area (Å²) in [6, 6.07) is 23.4. The van der Waals surface area contributed by atoms with Gasteiger partial charge in [-0.05, 0) is 35.9 Å². The van der Waals surface area contributed by atoms with E-state index in [-0.39, 0.29) is 6.17 Å². The third kappa shape index (κ3) is 1.48. The second kappa shape index (κ2) is 4.34. The third-order valence-corrected chi connectivity index (χ3v) is 4.54. The summed E-state index contributed by atoms with van der Waals surface area (Å²) in [5.74, 6) is 1.05. The molecule has 0 amide bonds. The van der Waals surface area contributed by atoms with Crippen LogP contribution < -0.4 is 9.80 Å². The van der Waals surface area contributed by atoms with E-state index in [4.69, 9.17) is 0 Å². The van der Waals surface area contributed by atoms with Gasteiger partial charge >= 0.3 is 0 Å². The molecule has 106 valence electrons. The van der Waals surface area contributed by atoms with Crippen molar-refractivity contribution >= 4 is 22.9 Å². The summed E-state index contributed by atoms with van der Waals surface area (Å²) in [5, 5.41) is 0. The van der Waals surface area contributed by atoms with Gasteiger partial charge in [-0.3, -0.25) is 0 Å². The number of aromatic nitrogens is 1. The molecule has 3 aromatic rings. The largest absolute Gasteiger partial charge is 0.316 e. The van der Waals surface area contributed by atoms with Crippen LogP contribution in [-0.4, -0.2) is 11.1 Å². The molecule has 3 heteroatoms. The van der Waals surface area contributed by atoms with Crippen LogP contribution in [0.2, 0.25) is 0 Å². The molecule has 0 bridgehead atoms. The summed E-state index contributed by atoms with van der Waals surface area (Å²) in [6.45, 7) is 0. The van der Waals surface area contributed by atoms with Gasteiger partial charge in [0.1, 0.15) is 6.17 Å². The molecule has 3 nitrogen and oxygen atoms in total. The Morgan fingerprint density at radius 3 is 2.45 bits per heavy atom. The molecule has 0 N–H and O–H groups in total. The molecule has 0 spiro atoms. The molecule has 22 heavy (non-hydrogen) atoms. The Morgan fingerprint density at radius 1 is 0.773 bits per heavy atom. The highest BCUT2D eigenvalue weighted by Crippen LogP contribution is 2.51. The van der Waals surface area contributed by atoms with Crippen LogP contribution in [0.1, 0.15) is 5.56 Å². The van der Waals surface area contributed by atoms with Crippen LogP contribution in [0.4, 0.5) is 22.9 Å². The van der Waals surface area contributed by atoms with Crippen molar-refractivity contribution in [1.29, 1.82) is 0 Å². The number of nitrogens with zero attached hydrogens (tertiary/aromatic N) is 3. The van der Waals surface area contributed by atoms with Crippen molar-refractivity contribution < 1.29 is 0 Å². The van der Waals surface area contributed by atoms with E-state index in [1.54, 1.807) is 0 Å². The van der Waals surface area contributed by atoms with Gasteiger partial charge < -0.3 is 9.80 Å². The molecule has 0 fully saturated rings. The highest BCUT2D eigenvalue weighted by Gasteiger charge is 2.43. The van der Waals surface area contributed by atoms with Gasteiger partial charge in [0.15, 0.2) is 5.82 Å². The van der Waals surface area contributed by atoms with Crippen LogP contribution in [0, 0.1) is 0 Å². The van der Waals surface area contributed by atoms with Crippen LogP contribution in [-0.2, 0) is 6.42 Å². The number of hydrogen-bond donors (Lipinski definition) is 0. The average Bonchev–Trinajstić information content (AvgIpc) is 3.10. The zero-order valence-electron chi connectivity index (χ0n) is 12.1. The topological polar surface area (TPSA) is 19.4 Å². The van der Waals surface area contributed by atoms with E-state index >= 15 is 0 Å². The van der Waals surface area contributed by atoms with Gasteiger partial charge in [0.05, 0.1) is 5.69 Å². The van der Waals surface area contributed by atoms with Crippen LogP contribution in [0.25, 0.3) is 0 Å². The lowest BCUT2D eigenvalue weighted by Crippen LogP contribution is -2.35. The summed E-state index contributed by atoms with van der Waals surface area (Å²) >= 11 is 0. The second-order valence-electron chi connectivity index (χ2n) is 5.74. The Bertz CT molecular complexity index is 829. The number of pyridine rings is 1. The maximum absolute atomic E-state index is 4.66. The van der Waals surface area contributed by atoms with Crippen LogP contribution in [0.15, 0.2) is 72.9 Å². The lowest BCUT2D eigenvalue weighted by Gasteiger charge is -2.27. The molecular weight excluding hydrogens is 270 g/mol. The number of para-hydroxylation sites is 2. The molecule has 0 saturated heterocycles. The second-order valence-corrected chi connectivity index (χ2v) is 5.74. The number of fused-ring (bicyclic) bond motifs is 5. The van der Waals surface area contributed by atoms with Crippen molar-refractivity contribution in [3.8, 4) is 0 Å². The molecule has 2 aliphatic heterocycles. The van der Waals surface area contributed by atoms with Crippen molar-refractivity contribution in [2.75, 3.05) is 9.80 Å². The first-order chi connectivity index (χ1) is 10.9. The molecule has 0 aliphatic carbocycles. The van der Waals surface area contributed by atoms with Crippen molar-refractivity contribution in [3.63, 3.8) is 0 Å². The Balaban J connectivity index is 1.73. The molecule has 3 heterocycles. The molecule has 5 rings (SSSR count). The first-order valence-corrected chi connectivity index (χ1v) is 7.60. The lowest BCUT2D eigenvalue weighted by atomic mass is 10.1. The van der Waals surface area contributed by atoms with E-state index in [9.17, 15) is 0 Å². The Labute approximate surface area is 129 Å². The number of anilines is 4. The van der Waals surface area contributed by atoms with Crippen LogP contribution in [0.3, 0.4) is 0 Å². The average molecular weight is 285 g/mol. The molecule has 2 aliphatic rings. The Kier molecular flexibility index (Phi) is 2.33. The predicted molar refractivity (Wildman–Crippen MR) is 88.9 cm³/mol. The first-order valence-electron chi connectivity index (χ1n) is 7.60. The number of benzene rings is 2. The summed E-state index contributed by atoms with van der Waals surface area (Å²) in [6.07, 6.45) is 3.18. The van der Waals surface area contributed by atoms with Crippen molar-refractivity contribution in [3.05, 3.63) is 78.5 Å². The lowest BCUT2D eigenvalue weighted by molar-refractivity contribution is 0.725. The Hall–Kier alpha value is -2.81. The van der Waals surface area contributed by atoms with E-state index < -0.39 is 0 Å². The standard InChI is InChI=1S/C19H15N3/c1-2-8-15(9-3-1)21-18-13-14-7-4-5-10-16(14)22(18)17-11-6-12-20-19(17)21/h1-12,18H,13H2. The maximum Gasteiger partial charge on any atom is 0.158 e. The minimum Gasteiger partial charge on any atom is -0.316 e. The van der Waals surface area contributed by atoms with E-state index in [2.05, 4.69) is 75.4 Å². The quantitative estimate of drug-likeness (QED) is 0.666.